The molecule has 0 spiro atoms. The summed E-state index contributed by atoms with van der Waals surface area (Å²) in [7, 11) is 0. The van der Waals surface area contributed by atoms with Crippen LogP contribution in [-0.4, -0.2) is 18.3 Å². The minimum absolute atomic E-state index is 0.0294. The van der Waals surface area contributed by atoms with Gasteiger partial charge in [0.05, 0.1) is 5.92 Å². The number of hydrogen-bond acceptors (Lipinski definition) is 4. The zero-order valence-corrected chi connectivity index (χ0v) is 17.9. The molecule has 1 aliphatic rings. The summed E-state index contributed by atoms with van der Waals surface area (Å²) < 4.78 is 88.3. The zero-order chi connectivity index (χ0) is 25.3. The van der Waals surface area contributed by atoms with E-state index >= 15 is 0 Å². The van der Waals surface area contributed by atoms with E-state index in [4.69, 9.17) is 9.47 Å². The molecule has 2 aromatic carbocycles. The van der Waals surface area contributed by atoms with Gasteiger partial charge in [-0.2, -0.15) is 31.6 Å². The Morgan fingerprint density at radius 1 is 1.00 bits per heavy atom. The molecule has 0 aliphatic heterocycles. The van der Waals surface area contributed by atoms with Crippen molar-refractivity contribution in [1.82, 2.24) is 0 Å². The Morgan fingerprint density at radius 2 is 1.59 bits per heavy atom. The predicted molar refractivity (Wildman–Crippen MR) is 108 cm³/mol. The first-order valence-electron chi connectivity index (χ1n) is 10.0. The normalized spacial score (nSPS) is 20.0. The molecule has 0 amide bonds. The van der Waals surface area contributed by atoms with Crippen LogP contribution >= 0.6 is 0 Å². The topological polar surface area (TPSA) is 59.3 Å². The van der Waals surface area contributed by atoms with Crippen LogP contribution < -0.4 is 4.74 Å². The highest BCUT2D eigenvalue weighted by atomic mass is 19.4. The Morgan fingerprint density at radius 3 is 2.15 bits per heavy atom. The second-order valence-corrected chi connectivity index (χ2v) is 8.33. The van der Waals surface area contributed by atoms with E-state index in [1.165, 1.54) is 26.0 Å². The van der Waals surface area contributed by atoms with Crippen LogP contribution in [0.4, 0.5) is 26.3 Å². The van der Waals surface area contributed by atoms with Crippen LogP contribution in [0.1, 0.15) is 25.5 Å². The van der Waals surface area contributed by atoms with Crippen LogP contribution in [0.25, 0.3) is 0 Å². The van der Waals surface area contributed by atoms with Crippen molar-refractivity contribution in [3.63, 3.8) is 0 Å². The lowest BCUT2D eigenvalue weighted by Gasteiger charge is -2.15. The van der Waals surface area contributed by atoms with Crippen LogP contribution in [-0.2, 0) is 9.53 Å². The number of carbonyl (C=O) groups is 1. The number of carbonyl (C=O) groups excluding carboxylic acids is 1. The van der Waals surface area contributed by atoms with Crippen molar-refractivity contribution in [2.45, 2.75) is 32.3 Å². The third-order valence-electron chi connectivity index (χ3n) is 5.61. The first-order chi connectivity index (χ1) is 15.7. The molecule has 0 radical (unpaired) electrons. The van der Waals surface area contributed by atoms with Gasteiger partial charge in [0.25, 0.3) is 0 Å². The van der Waals surface area contributed by atoms with E-state index in [-0.39, 0.29) is 11.6 Å². The largest absolute Gasteiger partial charge is 0.457 e. The van der Waals surface area contributed by atoms with Gasteiger partial charge in [-0.3, -0.25) is 4.79 Å². The van der Waals surface area contributed by atoms with Crippen molar-refractivity contribution >= 4 is 5.97 Å². The van der Waals surface area contributed by atoms with Crippen molar-refractivity contribution in [1.29, 1.82) is 5.26 Å². The number of esters is 1. The van der Waals surface area contributed by atoms with Crippen molar-refractivity contribution in [2.24, 2.45) is 17.3 Å². The number of benzene rings is 2. The van der Waals surface area contributed by atoms with Crippen LogP contribution in [0.2, 0.25) is 0 Å². The highest BCUT2D eigenvalue weighted by molar-refractivity contribution is 5.79. The Hall–Kier alpha value is -3.48. The van der Waals surface area contributed by atoms with Gasteiger partial charge < -0.3 is 9.47 Å². The minimum Gasteiger partial charge on any atom is -0.457 e. The molecular weight excluding hydrogens is 464 g/mol. The van der Waals surface area contributed by atoms with E-state index in [1.807, 2.05) is 0 Å². The first-order valence-corrected chi connectivity index (χ1v) is 10.0. The highest BCUT2D eigenvalue weighted by Gasteiger charge is 2.64. The maximum Gasteiger partial charge on any atom is 0.421 e. The molecule has 34 heavy (non-hydrogen) atoms. The lowest BCUT2D eigenvalue weighted by Crippen LogP contribution is -2.26. The SMILES string of the molecule is CC1(C)C(C=C(C(F)(F)F)C(F)(F)F)C1C(=O)OC(C#N)c1cccc(Oc2ccccc2)c1. The standard InChI is InChI=1S/C24H19F6NO3/c1-22(2)17(12-19(23(25,26)27)24(28,29)30)20(22)21(32)34-18(13-31)14-7-6-10-16(11-14)33-15-8-4-3-5-9-15/h3-12,17-18,20H,1-2H3. The summed E-state index contributed by atoms with van der Waals surface area (Å²) in [4.78, 5) is 12.6. The van der Waals surface area contributed by atoms with Crippen LogP contribution in [0.5, 0.6) is 11.5 Å². The molecule has 1 saturated carbocycles. The monoisotopic (exact) mass is 483 g/mol. The van der Waals surface area contributed by atoms with E-state index in [2.05, 4.69) is 0 Å². The maximum atomic E-state index is 12.9. The summed E-state index contributed by atoms with van der Waals surface area (Å²) in [5, 5.41) is 9.49. The van der Waals surface area contributed by atoms with Gasteiger partial charge in [0, 0.05) is 5.56 Å². The molecule has 3 unspecified atom stereocenters. The second kappa shape index (κ2) is 9.05. The molecule has 0 bridgehead atoms. The van der Waals surface area contributed by atoms with E-state index in [0.717, 1.165) is 0 Å². The summed E-state index contributed by atoms with van der Waals surface area (Å²) in [6.45, 7) is 2.72. The first kappa shape index (κ1) is 25.1. The van der Waals surface area contributed by atoms with E-state index in [0.29, 0.717) is 11.5 Å². The summed E-state index contributed by atoms with van der Waals surface area (Å²) >= 11 is 0. The fraction of sp³-hybridized carbons (Fsp3) is 0.333. The molecular formula is C24H19F6NO3. The Kier molecular flexibility index (Phi) is 6.69. The lowest BCUT2D eigenvalue weighted by atomic mass is 10.1. The Labute approximate surface area is 191 Å². The molecule has 3 atom stereocenters. The quantitative estimate of drug-likeness (QED) is 0.255. The number of nitrogens with zero attached hydrogens (tertiary/aromatic N) is 1. The predicted octanol–water partition coefficient (Wildman–Crippen LogP) is 6.91. The fourth-order valence-corrected chi connectivity index (χ4v) is 3.69. The molecule has 2 aromatic rings. The zero-order valence-electron chi connectivity index (χ0n) is 17.9. The number of alkyl halides is 6. The smallest absolute Gasteiger partial charge is 0.421 e. The fourth-order valence-electron chi connectivity index (χ4n) is 3.69. The Bertz CT molecular complexity index is 1100. The van der Waals surface area contributed by atoms with Gasteiger partial charge >= 0.3 is 18.3 Å². The van der Waals surface area contributed by atoms with Gasteiger partial charge in [0.2, 0.25) is 6.10 Å². The number of allylic oxidation sites excluding steroid dienone is 2. The van der Waals surface area contributed by atoms with E-state index < -0.39 is 47.2 Å². The maximum absolute atomic E-state index is 12.9. The van der Waals surface area contributed by atoms with Gasteiger partial charge in [0.15, 0.2) is 0 Å². The van der Waals surface area contributed by atoms with Gasteiger partial charge in [-0.15, -0.1) is 0 Å². The van der Waals surface area contributed by atoms with Crippen molar-refractivity contribution in [3.8, 4) is 17.6 Å². The molecule has 180 valence electrons. The molecule has 1 aliphatic carbocycles. The molecule has 0 saturated heterocycles. The summed E-state index contributed by atoms with van der Waals surface area (Å²) in [6, 6.07) is 16.6. The van der Waals surface area contributed by atoms with Crippen molar-refractivity contribution in [3.05, 3.63) is 71.8 Å². The minimum atomic E-state index is -5.63. The number of para-hydroxylation sites is 1. The molecule has 0 N–H and O–H groups in total. The van der Waals surface area contributed by atoms with Gasteiger partial charge in [-0.25, -0.2) is 0 Å². The number of halogens is 6. The van der Waals surface area contributed by atoms with Gasteiger partial charge in [-0.05, 0) is 35.6 Å². The second-order valence-electron chi connectivity index (χ2n) is 8.33. The number of hydrogen-bond donors (Lipinski definition) is 0. The summed E-state index contributed by atoms with van der Waals surface area (Å²) in [5.41, 5.74) is -3.64. The van der Waals surface area contributed by atoms with Crippen LogP contribution in [0.3, 0.4) is 0 Å². The molecule has 3 rings (SSSR count). The van der Waals surface area contributed by atoms with Crippen LogP contribution in [0, 0.1) is 28.6 Å². The Balaban J connectivity index is 1.77. The van der Waals surface area contributed by atoms with Crippen molar-refractivity contribution in [2.75, 3.05) is 0 Å². The van der Waals surface area contributed by atoms with Gasteiger partial charge in [0.1, 0.15) is 23.1 Å². The lowest BCUT2D eigenvalue weighted by molar-refractivity contribution is -0.172. The van der Waals surface area contributed by atoms with Gasteiger partial charge in [-0.1, -0.05) is 50.3 Å². The summed E-state index contributed by atoms with van der Waals surface area (Å²) in [5.74, 6) is -2.83. The molecule has 0 heterocycles. The average molecular weight is 483 g/mol. The van der Waals surface area contributed by atoms with Crippen LogP contribution in [0.15, 0.2) is 66.2 Å². The third-order valence-corrected chi connectivity index (χ3v) is 5.61. The van der Waals surface area contributed by atoms with E-state index in [9.17, 15) is 36.4 Å². The number of rotatable bonds is 6. The average Bonchev–Trinajstić information content (AvgIpc) is 3.29. The molecule has 10 heteroatoms. The summed E-state index contributed by atoms with van der Waals surface area (Å²) in [6.07, 6.45) is -12.7. The van der Waals surface area contributed by atoms with E-state index in [1.54, 1.807) is 48.5 Å². The molecule has 0 aromatic heterocycles. The van der Waals surface area contributed by atoms with Crippen molar-refractivity contribution < 1.29 is 40.6 Å². The highest BCUT2D eigenvalue weighted by Crippen LogP contribution is 2.61. The third kappa shape index (κ3) is 5.53. The molecule has 1 fully saturated rings. The molecule has 4 nitrogen and oxygen atoms in total. The number of nitriles is 1. The number of ether oxygens (including phenoxy) is 2.